The Morgan fingerprint density at radius 1 is 0.960 bits per heavy atom. The minimum absolute atomic E-state index is 0.0411. The number of hydrogen-bond donors (Lipinski definition) is 2. The fourth-order valence-corrected chi connectivity index (χ4v) is 2.70. The highest BCUT2D eigenvalue weighted by molar-refractivity contribution is 6.44. The van der Waals surface area contributed by atoms with Gasteiger partial charge in [0.25, 0.3) is 11.7 Å². The van der Waals surface area contributed by atoms with E-state index in [1.165, 1.54) is 6.20 Å². The number of amides is 2. The number of para-hydroxylation sites is 1. The number of ketones is 1. The molecule has 0 saturated carbocycles. The van der Waals surface area contributed by atoms with E-state index in [1.54, 1.807) is 28.8 Å². The Balaban J connectivity index is 1.80. The molecule has 3 rings (SSSR count). The second-order valence-electron chi connectivity index (χ2n) is 5.64. The molecule has 6 heteroatoms. The van der Waals surface area contributed by atoms with Crippen molar-refractivity contribution < 1.29 is 14.4 Å². The number of primary amides is 1. The molecule has 0 saturated heterocycles. The molecular formula is C19H17N3O3. The lowest BCUT2D eigenvalue weighted by Crippen LogP contribution is -2.27. The molecule has 0 fully saturated rings. The van der Waals surface area contributed by atoms with Gasteiger partial charge in [-0.15, -0.1) is 0 Å². The number of nitrogens with one attached hydrogen (secondary N) is 1. The van der Waals surface area contributed by atoms with E-state index in [-0.39, 0.29) is 18.0 Å². The van der Waals surface area contributed by atoms with E-state index in [1.807, 2.05) is 30.3 Å². The molecule has 25 heavy (non-hydrogen) atoms. The molecule has 126 valence electrons. The fourth-order valence-electron chi connectivity index (χ4n) is 2.70. The predicted octanol–water partition coefficient (Wildman–Crippen LogP) is 1.63. The molecule has 3 aromatic rings. The van der Waals surface area contributed by atoms with E-state index in [2.05, 4.69) is 5.32 Å². The number of nitrogens with zero attached hydrogens (tertiary/aromatic N) is 1. The highest BCUT2D eigenvalue weighted by Gasteiger charge is 2.19. The maximum Gasteiger partial charge on any atom is 0.289 e. The maximum atomic E-state index is 12.2. The van der Waals surface area contributed by atoms with Gasteiger partial charge >= 0.3 is 0 Å². The van der Waals surface area contributed by atoms with Gasteiger partial charge in [-0.2, -0.15) is 0 Å². The van der Waals surface area contributed by atoms with Gasteiger partial charge in [0, 0.05) is 23.6 Å². The van der Waals surface area contributed by atoms with Crippen LogP contribution in [0.5, 0.6) is 0 Å². The third-order valence-electron chi connectivity index (χ3n) is 3.90. The van der Waals surface area contributed by atoms with Crippen LogP contribution in [0.2, 0.25) is 0 Å². The standard InChI is InChI=1S/C19H17N3O3/c20-19(25)18(24)15-11-22(16-9-5-4-8-14(15)16)12-17(23)21-10-13-6-2-1-3-7-13/h1-9,11H,10,12H2,(H2,20,25)(H,21,23). The van der Waals surface area contributed by atoms with Gasteiger partial charge in [0.05, 0.1) is 5.56 Å². The van der Waals surface area contributed by atoms with Gasteiger partial charge in [-0.05, 0) is 11.6 Å². The number of aromatic nitrogens is 1. The normalized spacial score (nSPS) is 10.6. The van der Waals surface area contributed by atoms with Crippen molar-refractivity contribution in [2.75, 3.05) is 0 Å². The van der Waals surface area contributed by atoms with Crippen molar-refractivity contribution in [2.45, 2.75) is 13.1 Å². The molecule has 0 unspecified atom stereocenters. The van der Waals surface area contributed by atoms with Crippen LogP contribution in [0.15, 0.2) is 60.8 Å². The van der Waals surface area contributed by atoms with Crippen LogP contribution in [0.4, 0.5) is 0 Å². The number of carbonyl (C=O) groups is 3. The number of hydrogen-bond acceptors (Lipinski definition) is 3. The second-order valence-corrected chi connectivity index (χ2v) is 5.64. The number of carbonyl (C=O) groups excluding carboxylic acids is 3. The topological polar surface area (TPSA) is 94.2 Å². The predicted molar refractivity (Wildman–Crippen MR) is 93.8 cm³/mol. The van der Waals surface area contributed by atoms with Gasteiger partial charge < -0.3 is 15.6 Å². The van der Waals surface area contributed by atoms with E-state index in [4.69, 9.17) is 5.73 Å². The molecule has 2 amide bonds. The molecule has 0 radical (unpaired) electrons. The third kappa shape index (κ3) is 3.58. The summed E-state index contributed by atoms with van der Waals surface area (Å²) in [5.74, 6) is -1.97. The Hall–Kier alpha value is -3.41. The van der Waals surface area contributed by atoms with Gasteiger partial charge in [0.2, 0.25) is 5.91 Å². The summed E-state index contributed by atoms with van der Waals surface area (Å²) in [6.45, 7) is 0.464. The summed E-state index contributed by atoms with van der Waals surface area (Å²) in [6.07, 6.45) is 1.50. The molecule has 6 nitrogen and oxygen atoms in total. The smallest absolute Gasteiger partial charge is 0.289 e. The zero-order valence-electron chi connectivity index (χ0n) is 13.4. The second kappa shape index (κ2) is 7.00. The van der Waals surface area contributed by atoms with Crippen molar-refractivity contribution in [3.05, 3.63) is 71.9 Å². The summed E-state index contributed by atoms with van der Waals surface area (Å²) in [7, 11) is 0. The van der Waals surface area contributed by atoms with Crippen LogP contribution in [0.25, 0.3) is 10.9 Å². The Morgan fingerprint density at radius 3 is 2.36 bits per heavy atom. The number of Topliss-reactive ketones (excluding diaryl/α,β-unsaturated/α-hetero) is 1. The van der Waals surface area contributed by atoms with Crippen molar-refractivity contribution in [3.63, 3.8) is 0 Å². The molecule has 0 aliphatic rings. The van der Waals surface area contributed by atoms with E-state index in [0.717, 1.165) is 5.56 Å². The molecule has 0 spiro atoms. The number of fused-ring (bicyclic) bond motifs is 1. The van der Waals surface area contributed by atoms with Crippen LogP contribution < -0.4 is 11.1 Å². The summed E-state index contributed by atoms with van der Waals surface area (Å²) < 4.78 is 1.64. The highest BCUT2D eigenvalue weighted by atomic mass is 16.2. The molecule has 1 aromatic heterocycles. The Morgan fingerprint density at radius 2 is 1.64 bits per heavy atom. The van der Waals surface area contributed by atoms with Gasteiger partial charge in [-0.3, -0.25) is 14.4 Å². The van der Waals surface area contributed by atoms with Crippen LogP contribution in [-0.4, -0.2) is 22.2 Å². The van der Waals surface area contributed by atoms with E-state index in [0.29, 0.717) is 17.4 Å². The van der Waals surface area contributed by atoms with E-state index < -0.39 is 11.7 Å². The molecule has 1 heterocycles. The van der Waals surface area contributed by atoms with Crippen LogP contribution >= 0.6 is 0 Å². The molecular weight excluding hydrogens is 318 g/mol. The van der Waals surface area contributed by atoms with Crippen LogP contribution in [0.3, 0.4) is 0 Å². The van der Waals surface area contributed by atoms with Crippen LogP contribution in [-0.2, 0) is 22.7 Å². The minimum atomic E-state index is -1.02. The summed E-state index contributed by atoms with van der Waals surface area (Å²) in [6, 6.07) is 16.7. The number of nitrogens with two attached hydrogens (primary N) is 1. The SMILES string of the molecule is NC(=O)C(=O)c1cn(CC(=O)NCc2ccccc2)c2ccccc12. The monoisotopic (exact) mass is 335 g/mol. The first-order chi connectivity index (χ1) is 12.1. The average molecular weight is 335 g/mol. The number of rotatable bonds is 6. The Bertz CT molecular complexity index is 945. The van der Waals surface area contributed by atoms with Gasteiger partial charge in [-0.1, -0.05) is 48.5 Å². The lowest BCUT2D eigenvalue weighted by atomic mass is 10.1. The molecule has 2 aromatic carbocycles. The van der Waals surface area contributed by atoms with Crippen molar-refractivity contribution in [1.29, 1.82) is 0 Å². The average Bonchev–Trinajstić information content (AvgIpc) is 2.99. The summed E-state index contributed by atoms with van der Waals surface area (Å²) in [5.41, 5.74) is 7.01. The van der Waals surface area contributed by atoms with Crippen molar-refractivity contribution in [1.82, 2.24) is 9.88 Å². The van der Waals surface area contributed by atoms with E-state index >= 15 is 0 Å². The lowest BCUT2D eigenvalue weighted by Gasteiger charge is -2.07. The molecule has 3 N–H and O–H groups in total. The van der Waals surface area contributed by atoms with Crippen LogP contribution in [0.1, 0.15) is 15.9 Å². The summed E-state index contributed by atoms with van der Waals surface area (Å²) in [4.78, 5) is 35.4. The largest absolute Gasteiger partial charge is 0.363 e. The zero-order chi connectivity index (χ0) is 17.8. The molecule has 0 aliphatic heterocycles. The van der Waals surface area contributed by atoms with Crippen LogP contribution in [0, 0.1) is 0 Å². The first-order valence-electron chi connectivity index (χ1n) is 7.79. The van der Waals surface area contributed by atoms with Gasteiger partial charge in [-0.25, -0.2) is 0 Å². The highest BCUT2D eigenvalue weighted by Crippen LogP contribution is 2.21. The fraction of sp³-hybridized carbons (Fsp3) is 0.105. The Labute approximate surface area is 144 Å². The first-order valence-corrected chi connectivity index (χ1v) is 7.79. The van der Waals surface area contributed by atoms with Crippen molar-refractivity contribution in [2.24, 2.45) is 5.73 Å². The summed E-state index contributed by atoms with van der Waals surface area (Å²) >= 11 is 0. The van der Waals surface area contributed by atoms with Crippen molar-refractivity contribution in [3.8, 4) is 0 Å². The van der Waals surface area contributed by atoms with Gasteiger partial charge in [0.1, 0.15) is 6.54 Å². The van der Waals surface area contributed by atoms with E-state index in [9.17, 15) is 14.4 Å². The molecule has 0 aliphatic carbocycles. The lowest BCUT2D eigenvalue weighted by molar-refractivity contribution is -0.121. The minimum Gasteiger partial charge on any atom is -0.363 e. The maximum absolute atomic E-state index is 12.2. The first kappa shape index (κ1) is 16.4. The third-order valence-corrected chi connectivity index (χ3v) is 3.90. The van der Waals surface area contributed by atoms with Crippen molar-refractivity contribution >= 4 is 28.5 Å². The number of benzene rings is 2. The zero-order valence-corrected chi connectivity index (χ0v) is 13.4. The van der Waals surface area contributed by atoms with Gasteiger partial charge in [0.15, 0.2) is 0 Å². The molecule has 0 atom stereocenters. The summed E-state index contributed by atoms with van der Waals surface area (Å²) in [5, 5.41) is 3.44. The Kier molecular flexibility index (Phi) is 4.61. The quantitative estimate of drug-likeness (QED) is 0.529. The molecule has 0 bridgehead atoms.